The van der Waals surface area contributed by atoms with E-state index in [-0.39, 0.29) is 43.5 Å². The van der Waals surface area contributed by atoms with Gasteiger partial charge in [0.2, 0.25) is 11.8 Å². The average molecular weight is 441 g/mol. The highest BCUT2D eigenvalue weighted by Gasteiger charge is 2.43. The molecule has 0 spiro atoms. The third kappa shape index (κ3) is 8.37. The largest absolute Gasteiger partial charge is 0.463 e. The first-order valence-corrected chi connectivity index (χ1v) is 10.5. The zero-order chi connectivity index (χ0) is 22.8. The lowest BCUT2D eigenvalue weighted by atomic mass is 9.95. The molecule has 1 saturated heterocycles. The Hall–Kier alpha value is -2.34. The summed E-state index contributed by atoms with van der Waals surface area (Å²) in [5, 5.41) is 28.8. The Morgan fingerprint density at radius 1 is 1.16 bits per heavy atom. The number of hydrogen-bond donors (Lipinski definition) is 5. The number of nitrogens with one attached hydrogen (secondary N) is 1. The highest BCUT2D eigenvalue weighted by Crippen LogP contribution is 2.28. The van der Waals surface area contributed by atoms with E-state index in [4.69, 9.17) is 20.4 Å². The van der Waals surface area contributed by atoms with Gasteiger partial charge < -0.3 is 25.4 Å². The van der Waals surface area contributed by atoms with E-state index in [1.165, 1.54) is 0 Å². The molecule has 2 aliphatic rings. The number of carbonyl (C=O) groups excluding carboxylic acids is 3. The van der Waals surface area contributed by atoms with Crippen molar-refractivity contribution in [1.82, 2.24) is 5.48 Å². The van der Waals surface area contributed by atoms with Crippen LogP contribution in [0.4, 0.5) is 0 Å². The maximum absolute atomic E-state index is 11.8. The molecule has 0 bridgehead atoms. The molecule has 1 fully saturated rings. The number of ether oxygens (including phenoxy) is 2. The molecule has 0 aliphatic carbocycles. The number of esters is 1. The van der Waals surface area contributed by atoms with Crippen molar-refractivity contribution < 1.29 is 39.3 Å². The van der Waals surface area contributed by atoms with Gasteiger partial charge in [-0.25, -0.2) is 5.48 Å². The van der Waals surface area contributed by atoms with Gasteiger partial charge in [-0.3, -0.25) is 19.6 Å². The van der Waals surface area contributed by atoms with Crippen LogP contribution in [0, 0.1) is 5.92 Å². The van der Waals surface area contributed by atoms with Crippen molar-refractivity contribution in [3.63, 3.8) is 0 Å². The van der Waals surface area contributed by atoms with Gasteiger partial charge in [0.05, 0.1) is 6.10 Å². The zero-order valence-electron chi connectivity index (χ0n) is 17.3. The Morgan fingerprint density at radius 2 is 1.87 bits per heavy atom. The topological polar surface area (TPSA) is 181 Å². The van der Waals surface area contributed by atoms with Crippen molar-refractivity contribution in [2.45, 2.75) is 75.8 Å². The quantitative estimate of drug-likeness (QED) is 0.125. The van der Waals surface area contributed by atoms with Crippen molar-refractivity contribution in [2.24, 2.45) is 16.6 Å². The number of nitrogens with two attached hydrogens (primary N) is 1. The SMILES string of the molecule is NC1=NC(=O)CC(CCC2OC(COC(=O)CCCCCC(=O)NO)C(O)C2O)C=C1. The predicted octanol–water partition coefficient (Wildman–Crippen LogP) is -0.285. The van der Waals surface area contributed by atoms with Gasteiger partial charge in [0.1, 0.15) is 30.8 Å². The maximum atomic E-state index is 11.8. The number of unbranched alkanes of at least 4 members (excludes halogenated alkanes) is 2. The average Bonchev–Trinajstić information content (AvgIpc) is 2.89. The second-order valence-electron chi connectivity index (χ2n) is 7.80. The van der Waals surface area contributed by atoms with Gasteiger partial charge in [-0.1, -0.05) is 12.5 Å². The van der Waals surface area contributed by atoms with Crippen LogP contribution in [0.5, 0.6) is 0 Å². The molecule has 11 nitrogen and oxygen atoms in total. The fraction of sp³-hybridized carbons (Fsp3) is 0.700. The molecule has 2 heterocycles. The molecule has 2 aliphatic heterocycles. The van der Waals surface area contributed by atoms with Crippen LogP contribution in [0.3, 0.4) is 0 Å². The molecule has 5 atom stereocenters. The molecule has 31 heavy (non-hydrogen) atoms. The number of amides is 2. The minimum Gasteiger partial charge on any atom is -0.463 e. The number of aliphatic hydroxyl groups excluding tert-OH is 2. The third-order valence-electron chi connectivity index (χ3n) is 5.33. The monoisotopic (exact) mass is 441 g/mol. The fourth-order valence-corrected chi connectivity index (χ4v) is 3.57. The Morgan fingerprint density at radius 3 is 2.61 bits per heavy atom. The zero-order valence-corrected chi connectivity index (χ0v) is 17.3. The number of aliphatic imine (C=N–C) groups is 1. The molecular weight excluding hydrogens is 410 g/mol. The van der Waals surface area contributed by atoms with E-state index in [2.05, 4.69) is 4.99 Å². The minimum absolute atomic E-state index is 0.0921. The first-order valence-electron chi connectivity index (χ1n) is 10.5. The van der Waals surface area contributed by atoms with E-state index in [1.54, 1.807) is 17.6 Å². The van der Waals surface area contributed by atoms with Crippen LogP contribution in [-0.4, -0.2) is 70.1 Å². The molecule has 0 aromatic carbocycles. The van der Waals surface area contributed by atoms with Crippen molar-refractivity contribution in [3.05, 3.63) is 12.2 Å². The van der Waals surface area contributed by atoms with Crippen molar-refractivity contribution in [1.29, 1.82) is 0 Å². The second kappa shape index (κ2) is 12.5. The Kier molecular flexibility index (Phi) is 10.0. The van der Waals surface area contributed by atoms with E-state index in [1.807, 2.05) is 0 Å². The van der Waals surface area contributed by atoms with Crippen LogP contribution in [0.1, 0.15) is 51.4 Å². The molecule has 11 heteroatoms. The lowest BCUT2D eigenvalue weighted by Gasteiger charge is -2.17. The van der Waals surface area contributed by atoms with Crippen LogP contribution in [0.2, 0.25) is 0 Å². The number of nitrogens with zero attached hydrogens (tertiary/aromatic N) is 1. The molecule has 0 radical (unpaired) electrons. The van der Waals surface area contributed by atoms with E-state index in [0.29, 0.717) is 32.1 Å². The summed E-state index contributed by atoms with van der Waals surface area (Å²) in [5.74, 6) is -1.16. The van der Waals surface area contributed by atoms with Crippen LogP contribution in [-0.2, 0) is 23.9 Å². The van der Waals surface area contributed by atoms with Gasteiger partial charge in [-0.15, -0.1) is 0 Å². The van der Waals surface area contributed by atoms with Gasteiger partial charge in [-0.05, 0) is 37.7 Å². The smallest absolute Gasteiger partial charge is 0.305 e. The number of hydrogen-bond acceptors (Lipinski definition) is 9. The fourth-order valence-electron chi connectivity index (χ4n) is 3.57. The summed E-state index contributed by atoms with van der Waals surface area (Å²) in [6, 6.07) is 0. The van der Waals surface area contributed by atoms with Gasteiger partial charge in [0.15, 0.2) is 0 Å². The molecule has 5 unspecified atom stereocenters. The van der Waals surface area contributed by atoms with Crippen molar-refractivity contribution in [2.75, 3.05) is 6.61 Å². The molecular formula is C20H31N3O8. The van der Waals surface area contributed by atoms with Crippen molar-refractivity contribution in [3.8, 4) is 0 Å². The van der Waals surface area contributed by atoms with Gasteiger partial charge in [-0.2, -0.15) is 4.99 Å². The van der Waals surface area contributed by atoms with Crippen LogP contribution >= 0.6 is 0 Å². The second-order valence-corrected chi connectivity index (χ2v) is 7.80. The lowest BCUT2D eigenvalue weighted by Crippen LogP contribution is -2.35. The molecule has 6 N–H and O–H groups in total. The Balaban J connectivity index is 1.67. The van der Waals surface area contributed by atoms with Gasteiger partial charge >= 0.3 is 5.97 Å². The van der Waals surface area contributed by atoms with E-state index < -0.39 is 36.3 Å². The minimum atomic E-state index is -1.18. The first-order chi connectivity index (χ1) is 14.8. The summed E-state index contributed by atoms with van der Waals surface area (Å²) in [6.07, 6.45) is 2.81. The Bertz CT molecular complexity index is 696. The molecule has 0 aromatic rings. The summed E-state index contributed by atoms with van der Waals surface area (Å²) >= 11 is 0. The highest BCUT2D eigenvalue weighted by molar-refractivity contribution is 6.00. The van der Waals surface area contributed by atoms with Gasteiger partial charge in [0, 0.05) is 19.3 Å². The van der Waals surface area contributed by atoms with Crippen LogP contribution in [0.15, 0.2) is 17.1 Å². The number of allylic oxidation sites excluding steroid dienone is 1. The maximum Gasteiger partial charge on any atom is 0.305 e. The summed E-state index contributed by atoms with van der Waals surface area (Å²) in [5.41, 5.74) is 7.11. The van der Waals surface area contributed by atoms with E-state index >= 15 is 0 Å². The molecule has 2 rings (SSSR count). The standard InChI is InChI=1S/C20H31N3O8/c21-15-9-7-12(10-17(25)22-15)6-8-13-19(27)20(28)14(31-13)11-30-18(26)5-3-1-2-4-16(24)23-29/h7,9,12-14,19-20,27-29H,1-6,8,10-11H2,(H,23,24)(H2,21,22,25). The molecule has 2 amide bonds. The summed E-state index contributed by atoms with van der Waals surface area (Å²) in [6.45, 7) is -0.174. The van der Waals surface area contributed by atoms with Crippen LogP contribution < -0.4 is 11.2 Å². The predicted molar refractivity (Wildman–Crippen MR) is 108 cm³/mol. The van der Waals surface area contributed by atoms with E-state index in [9.17, 15) is 24.6 Å². The summed E-state index contributed by atoms with van der Waals surface area (Å²) in [4.78, 5) is 38.1. The number of rotatable bonds is 11. The highest BCUT2D eigenvalue weighted by atomic mass is 16.6. The Labute approximate surface area is 180 Å². The number of aliphatic hydroxyl groups is 2. The number of hydroxylamine groups is 1. The first kappa shape index (κ1) is 24.9. The van der Waals surface area contributed by atoms with Crippen molar-refractivity contribution >= 4 is 23.6 Å². The third-order valence-corrected chi connectivity index (χ3v) is 5.33. The summed E-state index contributed by atoms with van der Waals surface area (Å²) in [7, 11) is 0. The van der Waals surface area contributed by atoms with E-state index in [0.717, 1.165) is 0 Å². The van der Waals surface area contributed by atoms with Gasteiger partial charge in [0.25, 0.3) is 0 Å². The normalized spacial score (nSPS) is 28.2. The molecule has 0 aromatic heterocycles. The summed E-state index contributed by atoms with van der Waals surface area (Å²) < 4.78 is 10.8. The number of carbonyl (C=O) groups is 3. The molecule has 174 valence electrons. The number of amidine groups is 1. The molecule has 0 saturated carbocycles. The lowest BCUT2D eigenvalue weighted by molar-refractivity contribution is -0.149. The van der Waals surface area contributed by atoms with Crippen LogP contribution in [0.25, 0.3) is 0 Å².